The van der Waals surface area contributed by atoms with Crippen LogP contribution in [0.4, 0.5) is 5.69 Å². The number of rotatable bonds is 5. The number of anilines is 1. The number of nitrogens with one attached hydrogen (secondary N) is 1. The van der Waals surface area contributed by atoms with Crippen molar-refractivity contribution in [1.82, 2.24) is 4.31 Å². The lowest BCUT2D eigenvalue weighted by Gasteiger charge is -2.17. The number of nitriles is 1. The van der Waals surface area contributed by atoms with Gasteiger partial charge in [-0.25, -0.2) is 8.42 Å². The quantitative estimate of drug-likeness (QED) is 0.883. The monoisotopic (exact) mass is 363 g/mol. The fraction of sp³-hybridized carbons (Fsp3) is 0.125. The van der Waals surface area contributed by atoms with Crippen molar-refractivity contribution in [1.29, 1.82) is 5.26 Å². The third-order valence-corrected chi connectivity index (χ3v) is 5.30. The second kappa shape index (κ2) is 7.45. The number of carbonyl (C=O) groups excluding carboxylic acids is 1. The van der Waals surface area contributed by atoms with E-state index in [1.807, 2.05) is 6.07 Å². The van der Waals surface area contributed by atoms with Crippen molar-refractivity contribution < 1.29 is 13.2 Å². The van der Waals surface area contributed by atoms with Gasteiger partial charge in [-0.15, -0.1) is 0 Å². The largest absolute Gasteiger partial charge is 0.325 e. The Morgan fingerprint density at radius 1 is 1.21 bits per heavy atom. The number of benzene rings is 2. The Labute approximate surface area is 145 Å². The maximum Gasteiger partial charge on any atom is 0.244 e. The molecular weight excluding hydrogens is 350 g/mol. The summed E-state index contributed by atoms with van der Waals surface area (Å²) in [5.41, 5.74) is 0.537. The highest BCUT2D eigenvalue weighted by Gasteiger charge is 2.25. The minimum atomic E-state index is -3.95. The second-order valence-electron chi connectivity index (χ2n) is 4.92. The molecule has 24 heavy (non-hydrogen) atoms. The summed E-state index contributed by atoms with van der Waals surface area (Å²) >= 11 is 5.76. The highest BCUT2D eigenvalue weighted by molar-refractivity contribution is 7.89. The van der Waals surface area contributed by atoms with Crippen LogP contribution in [0.1, 0.15) is 5.56 Å². The lowest BCUT2D eigenvalue weighted by Crippen LogP contribution is -2.35. The van der Waals surface area contributed by atoms with Gasteiger partial charge in [0.25, 0.3) is 0 Å². The van der Waals surface area contributed by atoms with Gasteiger partial charge in [-0.05, 0) is 36.4 Å². The van der Waals surface area contributed by atoms with Crippen molar-refractivity contribution in [3.63, 3.8) is 0 Å². The van der Waals surface area contributed by atoms with E-state index in [2.05, 4.69) is 5.32 Å². The molecule has 0 spiro atoms. The number of halogens is 1. The number of carbonyl (C=O) groups is 1. The van der Waals surface area contributed by atoms with Crippen LogP contribution in [0.3, 0.4) is 0 Å². The molecule has 2 aromatic rings. The van der Waals surface area contributed by atoms with Gasteiger partial charge in [-0.2, -0.15) is 9.57 Å². The number of likely N-dealkylation sites (N-methyl/N-ethyl adjacent to an activating group) is 1. The number of amides is 1. The molecule has 1 N–H and O–H groups in total. The molecular formula is C16H14ClN3O3S. The Hall–Kier alpha value is -2.40. The van der Waals surface area contributed by atoms with Crippen molar-refractivity contribution in [3.05, 3.63) is 59.1 Å². The fourth-order valence-electron chi connectivity index (χ4n) is 1.97. The third-order valence-electron chi connectivity index (χ3n) is 3.19. The Bertz CT molecular complexity index is 890. The standard InChI is InChI=1S/C16H14ClN3O3S/c1-20(11-16(21)19-14-8-6-13(17)7-9-14)24(22,23)15-5-3-2-4-12(15)10-18/h2-9H,11H2,1H3,(H,19,21). The van der Waals surface area contributed by atoms with Gasteiger partial charge >= 0.3 is 0 Å². The molecule has 0 radical (unpaired) electrons. The summed E-state index contributed by atoms with van der Waals surface area (Å²) in [4.78, 5) is 11.9. The van der Waals surface area contributed by atoms with Crippen LogP contribution in [0, 0.1) is 11.3 Å². The summed E-state index contributed by atoms with van der Waals surface area (Å²) in [6.07, 6.45) is 0. The predicted molar refractivity (Wildman–Crippen MR) is 91.1 cm³/mol. The van der Waals surface area contributed by atoms with Crippen molar-refractivity contribution in [3.8, 4) is 6.07 Å². The lowest BCUT2D eigenvalue weighted by molar-refractivity contribution is -0.116. The van der Waals surface area contributed by atoms with E-state index in [9.17, 15) is 13.2 Å². The zero-order chi connectivity index (χ0) is 17.7. The molecule has 6 nitrogen and oxygen atoms in total. The average molecular weight is 364 g/mol. The summed E-state index contributed by atoms with van der Waals surface area (Å²) in [7, 11) is -2.66. The van der Waals surface area contributed by atoms with Crippen molar-refractivity contribution in [2.45, 2.75) is 4.90 Å². The van der Waals surface area contributed by atoms with E-state index in [0.717, 1.165) is 4.31 Å². The number of hydrogen-bond donors (Lipinski definition) is 1. The van der Waals surface area contributed by atoms with Crippen LogP contribution in [-0.4, -0.2) is 32.2 Å². The second-order valence-corrected chi connectivity index (χ2v) is 7.37. The number of nitrogens with zero attached hydrogens (tertiary/aromatic N) is 2. The molecule has 0 saturated carbocycles. The molecule has 2 rings (SSSR count). The normalized spacial score (nSPS) is 11.1. The molecule has 0 bridgehead atoms. The predicted octanol–water partition coefficient (Wildman–Crippen LogP) is 2.47. The van der Waals surface area contributed by atoms with Crippen molar-refractivity contribution in [2.24, 2.45) is 0 Å². The fourth-order valence-corrected chi connectivity index (χ4v) is 3.36. The van der Waals surface area contributed by atoms with Gasteiger partial charge in [-0.3, -0.25) is 4.79 Å². The summed E-state index contributed by atoms with van der Waals surface area (Å²) in [5.74, 6) is -0.502. The van der Waals surface area contributed by atoms with Crippen molar-refractivity contribution >= 4 is 33.2 Å². The first-order valence-corrected chi connectivity index (χ1v) is 8.67. The first-order chi connectivity index (χ1) is 11.3. The maximum atomic E-state index is 12.5. The van der Waals surface area contributed by atoms with E-state index >= 15 is 0 Å². The summed E-state index contributed by atoms with van der Waals surface area (Å²) in [5, 5.41) is 12.2. The van der Waals surface area contributed by atoms with Gasteiger partial charge in [0.05, 0.1) is 17.0 Å². The van der Waals surface area contributed by atoms with Crippen LogP contribution in [0.25, 0.3) is 0 Å². The molecule has 124 valence electrons. The molecule has 0 aliphatic heterocycles. The van der Waals surface area contributed by atoms with Gasteiger partial charge in [-0.1, -0.05) is 23.7 Å². The van der Waals surface area contributed by atoms with Crippen LogP contribution in [0.5, 0.6) is 0 Å². The Morgan fingerprint density at radius 2 is 1.83 bits per heavy atom. The SMILES string of the molecule is CN(CC(=O)Nc1ccc(Cl)cc1)S(=O)(=O)c1ccccc1C#N. The Morgan fingerprint density at radius 3 is 2.46 bits per heavy atom. The molecule has 0 unspecified atom stereocenters. The minimum absolute atomic E-state index is 0.0301. The molecule has 0 atom stereocenters. The van der Waals surface area contributed by atoms with Gasteiger partial charge in [0, 0.05) is 17.8 Å². The lowest BCUT2D eigenvalue weighted by atomic mass is 10.2. The molecule has 0 aliphatic rings. The number of sulfonamides is 1. The maximum absolute atomic E-state index is 12.5. The third kappa shape index (κ3) is 4.11. The Balaban J connectivity index is 2.13. The van der Waals surface area contributed by atoms with Gasteiger partial charge in [0.2, 0.25) is 15.9 Å². The van der Waals surface area contributed by atoms with Crippen molar-refractivity contribution in [2.75, 3.05) is 18.9 Å². The molecule has 1 amide bonds. The molecule has 0 aliphatic carbocycles. The molecule has 8 heteroatoms. The Kier molecular flexibility index (Phi) is 5.57. The van der Waals surface area contributed by atoms with Crippen LogP contribution in [-0.2, 0) is 14.8 Å². The molecule has 2 aromatic carbocycles. The minimum Gasteiger partial charge on any atom is -0.325 e. The van der Waals surface area contributed by atoms with Crippen LogP contribution in [0.2, 0.25) is 5.02 Å². The van der Waals surface area contributed by atoms with E-state index in [1.54, 1.807) is 30.3 Å². The van der Waals surface area contributed by atoms with E-state index in [0.29, 0.717) is 10.7 Å². The van der Waals surface area contributed by atoms with E-state index < -0.39 is 15.9 Å². The van der Waals surface area contributed by atoms with Gasteiger partial charge in [0.15, 0.2) is 0 Å². The zero-order valence-corrected chi connectivity index (χ0v) is 14.3. The van der Waals surface area contributed by atoms with Crippen LogP contribution >= 0.6 is 11.6 Å². The summed E-state index contributed by atoms with van der Waals surface area (Å²) in [6.45, 7) is -0.384. The van der Waals surface area contributed by atoms with E-state index in [-0.39, 0.29) is 17.0 Å². The average Bonchev–Trinajstić information content (AvgIpc) is 2.56. The highest BCUT2D eigenvalue weighted by Crippen LogP contribution is 2.19. The molecule has 0 aromatic heterocycles. The van der Waals surface area contributed by atoms with E-state index in [1.165, 1.54) is 25.2 Å². The molecule has 0 fully saturated rings. The molecule has 0 saturated heterocycles. The summed E-state index contributed by atoms with van der Waals surface area (Å²) in [6, 6.07) is 14.1. The smallest absolute Gasteiger partial charge is 0.244 e. The first kappa shape index (κ1) is 17.9. The van der Waals surface area contributed by atoms with Gasteiger partial charge < -0.3 is 5.32 Å². The first-order valence-electron chi connectivity index (χ1n) is 6.85. The zero-order valence-electron chi connectivity index (χ0n) is 12.7. The topological polar surface area (TPSA) is 90.3 Å². The van der Waals surface area contributed by atoms with Crippen LogP contribution in [0.15, 0.2) is 53.4 Å². The van der Waals surface area contributed by atoms with Crippen LogP contribution < -0.4 is 5.32 Å². The highest BCUT2D eigenvalue weighted by atomic mass is 35.5. The number of hydrogen-bond acceptors (Lipinski definition) is 4. The summed E-state index contributed by atoms with van der Waals surface area (Å²) < 4.78 is 25.9. The van der Waals surface area contributed by atoms with E-state index in [4.69, 9.17) is 16.9 Å². The van der Waals surface area contributed by atoms with Gasteiger partial charge in [0.1, 0.15) is 6.07 Å². The molecule has 0 heterocycles.